The van der Waals surface area contributed by atoms with E-state index in [9.17, 15) is 4.79 Å². The number of fused-ring (bicyclic) bond motifs is 1. The number of aromatic nitrogens is 1. The van der Waals surface area contributed by atoms with E-state index in [2.05, 4.69) is 4.98 Å². The van der Waals surface area contributed by atoms with Gasteiger partial charge in [-0.2, -0.15) is 5.06 Å². The smallest absolute Gasteiger partial charge is 0.251 e. The first kappa shape index (κ1) is 12.0. The molecule has 1 aliphatic rings. The second-order valence-electron chi connectivity index (χ2n) is 3.96. The number of amides is 1. The Hall–Kier alpha value is -1.46. The Morgan fingerprint density at radius 1 is 1.41 bits per heavy atom. The normalized spacial score (nSPS) is 14.9. The van der Waals surface area contributed by atoms with Gasteiger partial charge in [-0.3, -0.25) is 14.6 Å². The summed E-state index contributed by atoms with van der Waals surface area (Å²) in [6, 6.07) is 1.79. The van der Waals surface area contributed by atoms with Crippen LogP contribution >= 0.6 is 0 Å². The SMILES string of the molecule is O=C1CCc2cnccc2N1OCCCCO. The van der Waals surface area contributed by atoms with Crippen LogP contribution in [0.25, 0.3) is 0 Å². The van der Waals surface area contributed by atoms with E-state index in [-0.39, 0.29) is 12.5 Å². The maximum Gasteiger partial charge on any atom is 0.251 e. The van der Waals surface area contributed by atoms with Crippen molar-refractivity contribution >= 4 is 11.6 Å². The fraction of sp³-hybridized carbons (Fsp3) is 0.500. The highest BCUT2D eigenvalue weighted by atomic mass is 16.7. The number of carbonyl (C=O) groups is 1. The molecule has 1 aliphatic heterocycles. The summed E-state index contributed by atoms with van der Waals surface area (Å²) in [7, 11) is 0. The average Bonchev–Trinajstić information content (AvgIpc) is 2.37. The quantitative estimate of drug-likeness (QED) is 0.777. The largest absolute Gasteiger partial charge is 0.396 e. The van der Waals surface area contributed by atoms with Crippen LogP contribution in [0.4, 0.5) is 5.69 Å². The van der Waals surface area contributed by atoms with E-state index in [1.807, 2.05) is 0 Å². The Labute approximate surface area is 100.0 Å². The van der Waals surface area contributed by atoms with Crippen LogP contribution in [0.5, 0.6) is 0 Å². The molecule has 0 aromatic carbocycles. The Bertz CT molecular complexity index is 395. The summed E-state index contributed by atoms with van der Waals surface area (Å²) >= 11 is 0. The lowest BCUT2D eigenvalue weighted by molar-refractivity contribution is -0.126. The molecule has 2 heterocycles. The molecular weight excluding hydrogens is 220 g/mol. The van der Waals surface area contributed by atoms with Gasteiger partial charge in [0.15, 0.2) is 0 Å². The van der Waals surface area contributed by atoms with E-state index in [0.29, 0.717) is 19.4 Å². The number of hydrogen-bond donors (Lipinski definition) is 1. The van der Waals surface area contributed by atoms with Gasteiger partial charge in [0, 0.05) is 25.4 Å². The van der Waals surface area contributed by atoms with Gasteiger partial charge in [0.25, 0.3) is 5.91 Å². The molecule has 17 heavy (non-hydrogen) atoms. The molecule has 0 saturated carbocycles. The number of rotatable bonds is 5. The molecule has 0 aliphatic carbocycles. The van der Waals surface area contributed by atoms with E-state index in [1.165, 1.54) is 5.06 Å². The molecule has 0 unspecified atom stereocenters. The molecule has 5 nitrogen and oxygen atoms in total. The molecule has 0 radical (unpaired) electrons. The minimum atomic E-state index is -0.0206. The maximum absolute atomic E-state index is 11.8. The zero-order valence-corrected chi connectivity index (χ0v) is 9.63. The second-order valence-corrected chi connectivity index (χ2v) is 3.96. The topological polar surface area (TPSA) is 62.7 Å². The van der Waals surface area contributed by atoms with Crippen molar-refractivity contribution in [1.82, 2.24) is 4.98 Å². The van der Waals surface area contributed by atoms with Gasteiger partial charge in [0.2, 0.25) is 0 Å². The van der Waals surface area contributed by atoms with Crippen LogP contribution < -0.4 is 5.06 Å². The van der Waals surface area contributed by atoms with E-state index in [4.69, 9.17) is 9.94 Å². The summed E-state index contributed by atoms with van der Waals surface area (Å²) in [6.45, 7) is 0.589. The number of carbonyl (C=O) groups excluding carboxylic acids is 1. The Balaban J connectivity index is 2.02. The minimum Gasteiger partial charge on any atom is -0.396 e. The number of aryl methyl sites for hydroxylation is 1. The van der Waals surface area contributed by atoms with Crippen molar-refractivity contribution in [3.8, 4) is 0 Å². The highest BCUT2D eigenvalue weighted by molar-refractivity contribution is 5.94. The molecule has 0 bridgehead atoms. The van der Waals surface area contributed by atoms with Crippen molar-refractivity contribution < 1.29 is 14.7 Å². The predicted octanol–water partition coefficient (Wildman–Crippen LogP) is 1.06. The highest BCUT2D eigenvalue weighted by Crippen LogP contribution is 2.26. The Kier molecular flexibility index (Phi) is 4.06. The van der Waals surface area contributed by atoms with E-state index >= 15 is 0 Å². The van der Waals surface area contributed by atoms with Gasteiger partial charge in [0.1, 0.15) is 0 Å². The van der Waals surface area contributed by atoms with Crippen molar-refractivity contribution in [1.29, 1.82) is 0 Å². The van der Waals surface area contributed by atoms with Gasteiger partial charge in [-0.15, -0.1) is 0 Å². The summed E-state index contributed by atoms with van der Waals surface area (Å²) in [5.41, 5.74) is 1.83. The van der Waals surface area contributed by atoms with Crippen molar-refractivity contribution in [2.45, 2.75) is 25.7 Å². The van der Waals surface area contributed by atoms with Gasteiger partial charge in [-0.05, 0) is 30.9 Å². The van der Waals surface area contributed by atoms with Gasteiger partial charge < -0.3 is 5.11 Å². The van der Waals surface area contributed by atoms with E-state index in [0.717, 1.165) is 24.1 Å². The van der Waals surface area contributed by atoms with Gasteiger partial charge in [-0.25, -0.2) is 0 Å². The van der Waals surface area contributed by atoms with Crippen LogP contribution in [-0.4, -0.2) is 29.2 Å². The third-order valence-electron chi connectivity index (χ3n) is 2.70. The van der Waals surface area contributed by atoms with Crippen LogP contribution in [0.1, 0.15) is 24.8 Å². The standard InChI is InChI=1S/C12H16N2O3/c15-7-1-2-8-17-14-11-5-6-13-9-10(11)3-4-12(14)16/h5-6,9,15H,1-4,7-8H2. The zero-order chi connectivity index (χ0) is 12.1. The van der Waals surface area contributed by atoms with Crippen molar-refractivity contribution in [3.05, 3.63) is 24.0 Å². The maximum atomic E-state index is 11.8. The fourth-order valence-corrected chi connectivity index (χ4v) is 1.80. The lowest BCUT2D eigenvalue weighted by atomic mass is 10.1. The molecule has 0 spiro atoms. The fourth-order valence-electron chi connectivity index (χ4n) is 1.80. The molecule has 92 valence electrons. The summed E-state index contributed by atoms with van der Waals surface area (Å²) in [5.74, 6) is -0.0206. The second kappa shape index (κ2) is 5.75. The number of anilines is 1. The summed E-state index contributed by atoms with van der Waals surface area (Å²) in [6.07, 6.45) is 6.02. The van der Waals surface area contributed by atoms with E-state index in [1.54, 1.807) is 18.5 Å². The van der Waals surface area contributed by atoms with Crippen LogP contribution in [-0.2, 0) is 16.1 Å². The van der Waals surface area contributed by atoms with Crippen molar-refractivity contribution in [2.75, 3.05) is 18.3 Å². The summed E-state index contributed by atoms with van der Waals surface area (Å²) < 4.78 is 0. The van der Waals surface area contributed by atoms with Gasteiger partial charge in [0.05, 0.1) is 12.3 Å². The number of unbranched alkanes of at least 4 members (excludes halogenated alkanes) is 1. The third kappa shape index (κ3) is 2.81. The van der Waals surface area contributed by atoms with Crippen LogP contribution in [0.3, 0.4) is 0 Å². The van der Waals surface area contributed by atoms with Crippen molar-refractivity contribution in [3.63, 3.8) is 0 Å². The molecule has 1 aromatic heterocycles. The predicted molar refractivity (Wildman–Crippen MR) is 62.3 cm³/mol. The molecule has 1 aromatic rings. The number of pyridine rings is 1. The van der Waals surface area contributed by atoms with Crippen LogP contribution in [0, 0.1) is 0 Å². The number of hydroxylamine groups is 1. The van der Waals surface area contributed by atoms with Crippen molar-refractivity contribution in [2.24, 2.45) is 0 Å². The molecule has 0 atom stereocenters. The Morgan fingerprint density at radius 3 is 3.12 bits per heavy atom. The first-order valence-electron chi connectivity index (χ1n) is 5.82. The first-order valence-corrected chi connectivity index (χ1v) is 5.82. The monoisotopic (exact) mass is 236 g/mol. The number of aliphatic hydroxyl groups excluding tert-OH is 1. The summed E-state index contributed by atoms with van der Waals surface area (Å²) in [5, 5.41) is 10.0. The molecule has 2 rings (SSSR count). The first-order chi connectivity index (χ1) is 8.33. The van der Waals surface area contributed by atoms with Crippen LogP contribution in [0.15, 0.2) is 18.5 Å². The molecule has 5 heteroatoms. The molecular formula is C12H16N2O3. The summed E-state index contributed by atoms with van der Waals surface area (Å²) in [4.78, 5) is 21.3. The molecule has 0 saturated heterocycles. The van der Waals surface area contributed by atoms with Gasteiger partial charge >= 0.3 is 0 Å². The van der Waals surface area contributed by atoms with Crippen LogP contribution in [0.2, 0.25) is 0 Å². The number of aliphatic hydroxyl groups is 1. The molecule has 1 N–H and O–H groups in total. The lowest BCUT2D eigenvalue weighted by Gasteiger charge is -2.27. The highest BCUT2D eigenvalue weighted by Gasteiger charge is 2.24. The molecule has 0 fully saturated rings. The minimum absolute atomic E-state index is 0.0206. The number of hydrogen-bond acceptors (Lipinski definition) is 4. The third-order valence-corrected chi connectivity index (χ3v) is 2.70. The number of nitrogens with zero attached hydrogens (tertiary/aromatic N) is 2. The Morgan fingerprint density at radius 2 is 2.29 bits per heavy atom. The van der Waals surface area contributed by atoms with Gasteiger partial charge in [-0.1, -0.05) is 0 Å². The zero-order valence-electron chi connectivity index (χ0n) is 9.63. The average molecular weight is 236 g/mol. The lowest BCUT2D eigenvalue weighted by Crippen LogP contribution is -2.35. The van der Waals surface area contributed by atoms with E-state index < -0.39 is 0 Å². The molecule has 1 amide bonds.